The number of rotatable bonds is 6. The zero-order chi connectivity index (χ0) is 23.3. The lowest BCUT2D eigenvalue weighted by Crippen LogP contribution is -2.19. The third kappa shape index (κ3) is 5.69. The van der Waals surface area contributed by atoms with Crippen molar-refractivity contribution in [1.29, 1.82) is 0 Å². The molecule has 0 atom stereocenters. The molecule has 32 heavy (non-hydrogen) atoms. The Hall–Kier alpha value is -3.75. The number of halogens is 2. The van der Waals surface area contributed by atoms with Gasteiger partial charge in [0.1, 0.15) is 0 Å². The third-order valence-corrected chi connectivity index (χ3v) is 4.91. The van der Waals surface area contributed by atoms with Crippen LogP contribution in [-0.4, -0.2) is 22.4 Å². The Balaban J connectivity index is 1.71. The van der Waals surface area contributed by atoms with Gasteiger partial charge in [0, 0.05) is 28.4 Å². The molecule has 0 unspecified atom stereocenters. The Bertz CT molecular complexity index is 1240. The highest BCUT2D eigenvalue weighted by molar-refractivity contribution is 6.37. The normalized spacial score (nSPS) is 11.0. The molecule has 0 saturated carbocycles. The highest BCUT2D eigenvalue weighted by Crippen LogP contribution is 2.22. The molecule has 0 radical (unpaired) electrons. The van der Waals surface area contributed by atoms with Gasteiger partial charge in [-0.25, -0.2) is 5.43 Å². The fraction of sp³-hybridized carbons (Fsp3) is 0.0455. The van der Waals surface area contributed by atoms with Gasteiger partial charge in [-0.1, -0.05) is 41.4 Å². The fourth-order valence-corrected chi connectivity index (χ4v) is 3.21. The number of hydrogen-bond acceptors (Lipinski definition) is 5. The zero-order valence-electron chi connectivity index (χ0n) is 16.6. The van der Waals surface area contributed by atoms with E-state index in [0.717, 1.165) is 6.07 Å². The molecule has 2 N–H and O–H groups in total. The maximum Gasteiger partial charge on any atom is 0.271 e. The number of nitro groups is 1. The van der Waals surface area contributed by atoms with Crippen molar-refractivity contribution in [2.45, 2.75) is 6.92 Å². The molecule has 162 valence electrons. The minimum absolute atomic E-state index is 0.108. The average molecular weight is 471 g/mol. The van der Waals surface area contributed by atoms with Gasteiger partial charge in [-0.15, -0.1) is 0 Å². The molecule has 0 heterocycles. The van der Waals surface area contributed by atoms with Gasteiger partial charge in [0.05, 0.1) is 21.2 Å². The number of benzene rings is 3. The minimum Gasteiger partial charge on any atom is -0.322 e. The van der Waals surface area contributed by atoms with Crippen molar-refractivity contribution in [1.82, 2.24) is 5.43 Å². The van der Waals surface area contributed by atoms with Crippen LogP contribution in [0.15, 0.2) is 71.8 Å². The summed E-state index contributed by atoms with van der Waals surface area (Å²) in [6, 6.07) is 16.8. The summed E-state index contributed by atoms with van der Waals surface area (Å²) in [4.78, 5) is 35.0. The summed E-state index contributed by atoms with van der Waals surface area (Å²) in [5.41, 5.74) is 4.16. The first-order valence-corrected chi connectivity index (χ1v) is 9.96. The molecule has 2 amide bonds. The zero-order valence-corrected chi connectivity index (χ0v) is 18.1. The summed E-state index contributed by atoms with van der Waals surface area (Å²) in [5.74, 6) is -0.993. The SMILES string of the molecule is CC(=NNC(=O)c1cccc([N+](=O)[O-])c1)c1cccc(NC(=O)c2ccc(Cl)cc2Cl)c1. The molecule has 3 rings (SSSR count). The van der Waals surface area contributed by atoms with Gasteiger partial charge in [-0.3, -0.25) is 19.7 Å². The van der Waals surface area contributed by atoms with E-state index < -0.39 is 16.7 Å². The number of amides is 2. The molecule has 0 aliphatic heterocycles. The van der Waals surface area contributed by atoms with Crippen LogP contribution >= 0.6 is 23.2 Å². The van der Waals surface area contributed by atoms with Gasteiger partial charge < -0.3 is 5.32 Å². The molecule has 0 aromatic heterocycles. The van der Waals surface area contributed by atoms with E-state index >= 15 is 0 Å². The van der Waals surface area contributed by atoms with Gasteiger partial charge in [0.2, 0.25) is 0 Å². The van der Waals surface area contributed by atoms with E-state index in [9.17, 15) is 19.7 Å². The lowest BCUT2D eigenvalue weighted by atomic mass is 10.1. The molecule has 0 saturated heterocycles. The Labute approximate surface area is 193 Å². The second-order valence-electron chi connectivity index (χ2n) is 6.60. The minimum atomic E-state index is -0.588. The molecule has 0 aliphatic rings. The summed E-state index contributed by atoms with van der Waals surface area (Å²) in [7, 11) is 0. The lowest BCUT2D eigenvalue weighted by Gasteiger charge is -2.09. The smallest absolute Gasteiger partial charge is 0.271 e. The maximum atomic E-state index is 12.5. The Morgan fingerprint density at radius 2 is 1.66 bits per heavy atom. The van der Waals surface area contributed by atoms with Crippen molar-refractivity contribution in [3.8, 4) is 0 Å². The van der Waals surface area contributed by atoms with Gasteiger partial charge in [-0.05, 0) is 48.9 Å². The van der Waals surface area contributed by atoms with Crippen LogP contribution in [-0.2, 0) is 0 Å². The average Bonchev–Trinajstić information content (AvgIpc) is 2.77. The molecular formula is C22H16Cl2N4O4. The molecular weight excluding hydrogens is 455 g/mol. The van der Waals surface area contributed by atoms with Gasteiger partial charge >= 0.3 is 0 Å². The second kappa shape index (κ2) is 10.0. The summed E-state index contributed by atoms with van der Waals surface area (Å²) in [5, 5.41) is 18.3. The first-order valence-electron chi connectivity index (χ1n) is 9.20. The molecule has 0 spiro atoms. The number of nitro benzene ring substituents is 1. The van der Waals surface area contributed by atoms with Crippen molar-refractivity contribution in [3.63, 3.8) is 0 Å². The van der Waals surface area contributed by atoms with E-state index in [-0.39, 0.29) is 21.8 Å². The lowest BCUT2D eigenvalue weighted by molar-refractivity contribution is -0.384. The standard InChI is InChI=1S/C22H16Cl2N4O4/c1-13(26-27-21(29)15-5-3-7-18(11-15)28(31)32)14-4-2-6-17(10-14)25-22(30)19-9-8-16(23)12-20(19)24/h2-12H,1H3,(H,25,30)(H,27,29). The van der Waals surface area contributed by atoms with E-state index in [1.54, 1.807) is 37.3 Å². The molecule has 8 nitrogen and oxygen atoms in total. The number of hydrogen-bond donors (Lipinski definition) is 2. The Morgan fingerprint density at radius 1 is 0.938 bits per heavy atom. The van der Waals surface area contributed by atoms with E-state index in [1.165, 1.54) is 30.3 Å². The van der Waals surface area contributed by atoms with Crippen molar-refractivity contribution >= 4 is 52.1 Å². The van der Waals surface area contributed by atoms with Crippen molar-refractivity contribution < 1.29 is 14.5 Å². The highest BCUT2D eigenvalue weighted by atomic mass is 35.5. The number of carbonyl (C=O) groups is 2. The van der Waals surface area contributed by atoms with Gasteiger partial charge in [0.25, 0.3) is 17.5 Å². The van der Waals surface area contributed by atoms with Crippen LogP contribution in [0.4, 0.5) is 11.4 Å². The monoisotopic (exact) mass is 470 g/mol. The molecule has 3 aromatic carbocycles. The second-order valence-corrected chi connectivity index (χ2v) is 7.45. The first-order chi connectivity index (χ1) is 15.2. The first kappa shape index (κ1) is 22.9. The highest BCUT2D eigenvalue weighted by Gasteiger charge is 2.13. The van der Waals surface area contributed by atoms with Crippen LogP contribution in [0.3, 0.4) is 0 Å². The van der Waals surface area contributed by atoms with Gasteiger partial charge in [-0.2, -0.15) is 5.10 Å². The van der Waals surface area contributed by atoms with Crippen LogP contribution in [0.2, 0.25) is 10.0 Å². The molecule has 0 bridgehead atoms. The summed E-state index contributed by atoms with van der Waals surface area (Å²) >= 11 is 11.9. The van der Waals surface area contributed by atoms with E-state index in [0.29, 0.717) is 22.0 Å². The van der Waals surface area contributed by atoms with Crippen LogP contribution in [0, 0.1) is 10.1 Å². The largest absolute Gasteiger partial charge is 0.322 e. The number of nitrogens with zero attached hydrogens (tertiary/aromatic N) is 2. The topological polar surface area (TPSA) is 114 Å². The summed E-state index contributed by atoms with van der Waals surface area (Å²) in [6.45, 7) is 1.67. The number of anilines is 1. The fourth-order valence-electron chi connectivity index (χ4n) is 2.72. The molecule has 0 fully saturated rings. The van der Waals surface area contributed by atoms with E-state index in [2.05, 4.69) is 15.8 Å². The van der Waals surface area contributed by atoms with Crippen LogP contribution in [0.5, 0.6) is 0 Å². The molecule has 0 aliphatic carbocycles. The van der Waals surface area contributed by atoms with Crippen LogP contribution in [0.1, 0.15) is 33.2 Å². The predicted molar refractivity (Wildman–Crippen MR) is 124 cm³/mol. The summed E-state index contributed by atoms with van der Waals surface area (Å²) in [6.07, 6.45) is 0. The Kier molecular flexibility index (Phi) is 7.19. The number of carbonyl (C=O) groups excluding carboxylic acids is 2. The quantitative estimate of drug-likeness (QED) is 0.288. The van der Waals surface area contributed by atoms with E-state index in [1.807, 2.05) is 0 Å². The third-order valence-electron chi connectivity index (χ3n) is 4.36. The number of hydrazone groups is 1. The van der Waals surface area contributed by atoms with Crippen molar-refractivity contribution in [2.75, 3.05) is 5.32 Å². The summed E-state index contributed by atoms with van der Waals surface area (Å²) < 4.78 is 0. The predicted octanol–water partition coefficient (Wildman–Crippen LogP) is 5.31. The van der Waals surface area contributed by atoms with E-state index in [4.69, 9.17) is 23.2 Å². The Morgan fingerprint density at radius 3 is 2.38 bits per heavy atom. The van der Waals surface area contributed by atoms with Crippen molar-refractivity contribution in [3.05, 3.63) is 104 Å². The van der Waals surface area contributed by atoms with Crippen LogP contribution < -0.4 is 10.7 Å². The van der Waals surface area contributed by atoms with Crippen LogP contribution in [0.25, 0.3) is 0 Å². The maximum absolute atomic E-state index is 12.5. The number of non-ortho nitro benzene ring substituents is 1. The molecule has 3 aromatic rings. The number of nitrogens with one attached hydrogen (secondary N) is 2. The van der Waals surface area contributed by atoms with Crippen molar-refractivity contribution in [2.24, 2.45) is 5.10 Å². The van der Waals surface area contributed by atoms with Gasteiger partial charge in [0.15, 0.2) is 0 Å². The molecule has 10 heteroatoms.